The molecule has 0 radical (unpaired) electrons. The predicted octanol–water partition coefficient (Wildman–Crippen LogP) is 0.209. The van der Waals surface area contributed by atoms with Gasteiger partial charge in [-0.2, -0.15) is 5.10 Å². The molecule has 0 atom stereocenters. The minimum atomic E-state index is 0.218. The van der Waals surface area contributed by atoms with E-state index in [9.17, 15) is 0 Å². The van der Waals surface area contributed by atoms with Crippen molar-refractivity contribution in [2.45, 2.75) is 19.9 Å². The van der Waals surface area contributed by atoms with Crippen molar-refractivity contribution in [3.63, 3.8) is 0 Å². The number of aromatic nitrogens is 2. The first kappa shape index (κ1) is 12.0. The van der Waals surface area contributed by atoms with Crippen LogP contribution in [0.2, 0.25) is 0 Å². The van der Waals surface area contributed by atoms with E-state index in [0.717, 1.165) is 36.6 Å². The van der Waals surface area contributed by atoms with Gasteiger partial charge in [-0.15, -0.1) is 0 Å². The summed E-state index contributed by atoms with van der Waals surface area (Å²) in [5, 5.41) is 16.2. The van der Waals surface area contributed by atoms with Crippen molar-refractivity contribution in [1.29, 1.82) is 0 Å². The lowest BCUT2D eigenvalue weighted by Gasteiger charge is -2.06. The summed E-state index contributed by atoms with van der Waals surface area (Å²) in [7, 11) is 3.51. The lowest BCUT2D eigenvalue weighted by atomic mass is 10.2. The zero-order valence-electron chi connectivity index (χ0n) is 9.58. The first-order valence-electron chi connectivity index (χ1n) is 5.08. The summed E-state index contributed by atoms with van der Waals surface area (Å²) >= 11 is 0. The number of ether oxygens (including phenoxy) is 1. The third kappa shape index (κ3) is 2.94. The summed E-state index contributed by atoms with van der Waals surface area (Å²) in [4.78, 5) is 0. The van der Waals surface area contributed by atoms with Crippen LogP contribution in [0.15, 0.2) is 0 Å². The molecular formula is C10H19N3O2. The molecule has 0 aliphatic carbocycles. The molecule has 0 amide bonds. The zero-order valence-corrected chi connectivity index (χ0v) is 9.58. The Morgan fingerprint density at radius 1 is 1.53 bits per heavy atom. The zero-order chi connectivity index (χ0) is 11.3. The lowest BCUT2D eigenvalue weighted by Crippen LogP contribution is -2.16. The molecule has 0 bridgehead atoms. The van der Waals surface area contributed by atoms with E-state index in [-0.39, 0.29) is 6.61 Å². The second-order valence-corrected chi connectivity index (χ2v) is 3.45. The van der Waals surface area contributed by atoms with Gasteiger partial charge in [0.05, 0.1) is 18.4 Å². The van der Waals surface area contributed by atoms with Crippen molar-refractivity contribution in [3.8, 4) is 5.88 Å². The van der Waals surface area contributed by atoms with Gasteiger partial charge in [0.2, 0.25) is 5.88 Å². The number of methoxy groups -OCH3 is 1. The van der Waals surface area contributed by atoms with Crippen LogP contribution in [0.5, 0.6) is 5.88 Å². The maximum absolute atomic E-state index is 8.64. The fraction of sp³-hybridized carbons (Fsp3) is 0.700. The number of nitrogens with zero attached hydrogens (tertiary/aromatic N) is 2. The Bertz CT molecular complexity index is 310. The van der Waals surface area contributed by atoms with E-state index in [2.05, 4.69) is 10.4 Å². The number of aliphatic hydroxyl groups is 1. The third-order valence-electron chi connectivity index (χ3n) is 2.30. The summed E-state index contributed by atoms with van der Waals surface area (Å²) in [5.74, 6) is 0.795. The largest absolute Gasteiger partial charge is 0.481 e. The number of aliphatic hydroxyl groups excluding tert-OH is 1. The highest BCUT2D eigenvalue weighted by molar-refractivity contribution is 5.30. The highest BCUT2D eigenvalue weighted by Crippen LogP contribution is 2.20. The Morgan fingerprint density at radius 3 is 2.87 bits per heavy atom. The molecule has 5 heteroatoms. The average Bonchev–Trinajstić information content (AvgIpc) is 2.48. The van der Waals surface area contributed by atoms with Crippen LogP contribution in [0.1, 0.15) is 17.7 Å². The average molecular weight is 213 g/mol. The normalized spacial score (nSPS) is 10.7. The summed E-state index contributed by atoms with van der Waals surface area (Å²) < 4.78 is 7.00. The van der Waals surface area contributed by atoms with Gasteiger partial charge in [-0.25, -0.2) is 4.68 Å². The number of rotatable bonds is 6. The van der Waals surface area contributed by atoms with E-state index in [1.807, 2.05) is 14.0 Å². The van der Waals surface area contributed by atoms with Crippen LogP contribution in [0, 0.1) is 6.92 Å². The van der Waals surface area contributed by atoms with Crippen molar-refractivity contribution in [3.05, 3.63) is 11.3 Å². The van der Waals surface area contributed by atoms with Gasteiger partial charge in [0.15, 0.2) is 0 Å². The number of hydrogen-bond donors (Lipinski definition) is 2. The molecule has 0 saturated heterocycles. The highest BCUT2D eigenvalue weighted by Gasteiger charge is 2.12. The van der Waals surface area contributed by atoms with Crippen molar-refractivity contribution in [2.75, 3.05) is 20.3 Å². The van der Waals surface area contributed by atoms with Crippen LogP contribution < -0.4 is 10.1 Å². The Labute approximate surface area is 90.1 Å². The van der Waals surface area contributed by atoms with Crippen molar-refractivity contribution in [1.82, 2.24) is 15.1 Å². The van der Waals surface area contributed by atoms with E-state index < -0.39 is 0 Å². The molecule has 1 aromatic rings. The van der Waals surface area contributed by atoms with E-state index in [1.54, 1.807) is 11.8 Å². The molecule has 5 nitrogen and oxygen atoms in total. The molecule has 0 aliphatic heterocycles. The van der Waals surface area contributed by atoms with Gasteiger partial charge < -0.3 is 15.2 Å². The fourth-order valence-corrected chi connectivity index (χ4v) is 1.56. The van der Waals surface area contributed by atoms with Gasteiger partial charge >= 0.3 is 0 Å². The lowest BCUT2D eigenvalue weighted by molar-refractivity contribution is 0.285. The van der Waals surface area contributed by atoms with Gasteiger partial charge in [0.25, 0.3) is 0 Å². The smallest absolute Gasteiger partial charge is 0.216 e. The Kier molecular flexibility index (Phi) is 4.58. The van der Waals surface area contributed by atoms with Gasteiger partial charge in [0, 0.05) is 20.2 Å². The van der Waals surface area contributed by atoms with Crippen LogP contribution in [0.25, 0.3) is 0 Å². The summed E-state index contributed by atoms with van der Waals surface area (Å²) in [6.07, 6.45) is 0.766. The molecule has 15 heavy (non-hydrogen) atoms. The van der Waals surface area contributed by atoms with Crippen LogP contribution in [-0.4, -0.2) is 35.1 Å². The quantitative estimate of drug-likeness (QED) is 0.663. The number of hydrogen-bond acceptors (Lipinski definition) is 4. The SMILES string of the molecule is COc1c(CNCCCO)c(C)nn1C. The molecule has 1 rings (SSSR count). The molecule has 1 aromatic heterocycles. The van der Waals surface area contributed by atoms with Crippen molar-refractivity contribution < 1.29 is 9.84 Å². The molecule has 0 aromatic carbocycles. The summed E-state index contributed by atoms with van der Waals surface area (Å²) in [5.41, 5.74) is 2.06. The Hall–Kier alpha value is -1.07. The minimum absolute atomic E-state index is 0.218. The Balaban J connectivity index is 2.59. The Morgan fingerprint density at radius 2 is 2.27 bits per heavy atom. The van der Waals surface area contributed by atoms with Gasteiger partial charge in [-0.05, 0) is 19.9 Å². The molecule has 0 aliphatic rings. The van der Waals surface area contributed by atoms with E-state index >= 15 is 0 Å². The predicted molar refractivity (Wildman–Crippen MR) is 57.9 cm³/mol. The van der Waals surface area contributed by atoms with Gasteiger partial charge in [-0.1, -0.05) is 0 Å². The van der Waals surface area contributed by atoms with Crippen LogP contribution in [-0.2, 0) is 13.6 Å². The third-order valence-corrected chi connectivity index (χ3v) is 2.30. The first-order valence-corrected chi connectivity index (χ1v) is 5.08. The highest BCUT2D eigenvalue weighted by atomic mass is 16.5. The van der Waals surface area contributed by atoms with Crippen LogP contribution in [0.4, 0.5) is 0 Å². The molecule has 0 spiro atoms. The number of nitrogens with one attached hydrogen (secondary N) is 1. The van der Waals surface area contributed by atoms with E-state index in [4.69, 9.17) is 9.84 Å². The molecule has 1 heterocycles. The van der Waals surface area contributed by atoms with Crippen molar-refractivity contribution >= 4 is 0 Å². The van der Waals surface area contributed by atoms with Gasteiger partial charge in [-0.3, -0.25) is 0 Å². The monoisotopic (exact) mass is 213 g/mol. The minimum Gasteiger partial charge on any atom is -0.481 e. The van der Waals surface area contributed by atoms with E-state index in [0.29, 0.717) is 0 Å². The first-order chi connectivity index (χ1) is 7.20. The molecule has 0 fully saturated rings. The standard InChI is InChI=1S/C10H19N3O2/c1-8-9(7-11-5-4-6-14)10(15-3)13(2)12-8/h11,14H,4-7H2,1-3H3. The van der Waals surface area contributed by atoms with Gasteiger partial charge in [0.1, 0.15) is 0 Å². The maximum Gasteiger partial charge on any atom is 0.216 e. The molecular weight excluding hydrogens is 194 g/mol. The number of aryl methyl sites for hydroxylation is 2. The second-order valence-electron chi connectivity index (χ2n) is 3.45. The summed E-state index contributed by atoms with van der Waals surface area (Å²) in [6, 6.07) is 0. The topological polar surface area (TPSA) is 59.3 Å². The van der Waals surface area contributed by atoms with Crippen molar-refractivity contribution in [2.24, 2.45) is 7.05 Å². The molecule has 2 N–H and O–H groups in total. The van der Waals surface area contributed by atoms with Crippen LogP contribution >= 0.6 is 0 Å². The maximum atomic E-state index is 8.64. The summed E-state index contributed by atoms with van der Waals surface area (Å²) in [6.45, 7) is 3.71. The van der Waals surface area contributed by atoms with Crippen LogP contribution in [0.3, 0.4) is 0 Å². The second kappa shape index (κ2) is 5.72. The molecule has 86 valence electrons. The molecule has 0 saturated carbocycles. The van der Waals surface area contributed by atoms with E-state index in [1.165, 1.54) is 0 Å². The molecule has 0 unspecified atom stereocenters. The fourth-order valence-electron chi connectivity index (χ4n) is 1.56.